The predicted molar refractivity (Wildman–Crippen MR) is 126 cm³/mol. The van der Waals surface area contributed by atoms with Crippen molar-refractivity contribution in [3.05, 3.63) is 50.9 Å². The molecule has 5 rings (SSSR count). The van der Waals surface area contributed by atoms with Gasteiger partial charge in [0.2, 0.25) is 0 Å². The molecule has 166 valence electrons. The van der Waals surface area contributed by atoms with Crippen LogP contribution in [0.2, 0.25) is 0 Å². The molecule has 0 aliphatic heterocycles. The molecule has 3 aromatic heterocycles. The van der Waals surface area contributed by atoms with Crippen molar-refractivity contribution in [2.24, 2.45) is 0 Å². The van der Waals surface area contributed by atoms with Crippen LogP contribution >= 0.6 is 23.1 Å². The maximum Gasteiger partial charge on any atom is 0.267 e. The summed E-state index contributed by atoms with van der Waals surface area (Å²) in [6.07, 6.45) is 5.17. The topological polar surface area (TPSA) is 87.7 Å². The van der Waals surface area contributed by atoms with Crippen LogP contribution in [0.1, 0.15) is 42.5 Å². The summed E-state index contributed by atoms with van der Waals surface area (Å²) < 4.78 is 8.95. The number of aryl methyl sites for hydroxylation is 3. The zero-order valence-electron chi connectivity index (χ0n) is 18.1. The second-order valence-corrected chi connectivity index (χ2v) is 9.76. The smallest absolute Gasteiger partial charge is 0.267 e. The molecule has 0 bridgehead atoms. The van der Waals surface area contributed by atoms with E-state index in [1.54, 1.807) is 23.0 Å². The lowest BCUT2D eigenvalue weighted by atomic mass is 10.2. The number of ether oxygens (including phenoxy) is 1. The first-order valence-corrected chi connectivity index (χ1v) is 12.6. The van der Waals surface area contributed by atoms with Gasteiger partial charge in [0.1, 0.15) is 10.6 Å². The number of aromatic nitrogens is 6. The molecule has 1 aliphatic rings. The Labute approximate surface area is 193 Å². The normalized spacial score (nSPS) is 13.1. The Morgan fingerprint density at radius 3 is 3.03 bits per heavy atom. The van der Waals surface area contributed by atoms with E-state index < -0.39 is 0 Å². The van der Waals surface area contributed by atoms with Crippen molar-refractivity contribution in [1.29, 1.82) is 0 Å². The highest BCUT2D eigenvalue weighted by Crippen LogP contribution is 2.36. The van der Waals surface area contributed by atoms with Crippen molar-refractivity contribution >= 4 is 33.3 Å². The molecule has 0 atom stereocenters. The van der Waals surface area contributed by atoms with Crippen molar-refractivity contribution in [3.63, 3.8) is 0 Å². The van der Waals surface area contributed by atoms with Gasteiger partial charge in [-0.3, -0.25) is 9.36 Å². The van der Waals surface area contributed by atoms with Gasteiger partial charge < -0.3 is 4.74 Å². The van der Waals surface area contributed by atoms with E-state index in [1.807, 2.05) is 28.9 Å². The number of methoxy groups -OCH3 is 1. The number of hydrogen-bond donors (Lipinski definition) is 0. The number of thioether (sulfide) groups is 1. The molecule has 1 aromatic carbocycles. The molecule has 4 aromatic rings. The molecule has 3 heterocycles. The number of tetrazole rings is 1. The second kappa shape index (κ2) is 9.03. The van der Waals surface area contributed by atoms with Gasteiger partial charge in [-0.15, -0.1) is 16.4 Å². The molecular formula is C22H24N6O2S2. The monoisotopic (exact) mass is 468 g/mol. The number of rotatable bonds is 8. The first kappa shape index (κ1) is 21.1. The van der Waals surface area contributed by atoms with E-state index in [2.05, 4.69) is 22.4 Å². The van der Waals surface area contributed by atoms with E-state index in [0.717, 1.165) is 60.4 Å². The third kappa shape index (κ3) is 3.81. The van der Waals surface area contributed by atoms with E-state index in [0.29, 0.717) is 16.7 Å². The summed E-state index contributed by atoms with van der Waals surface area (Å²) >= 11 is 3.14. The number of thiophene rings is 1. The molecular weight excluding hydrogens is 444 g/mol. The summed E-state index contributed by atoms with van der Waals surface area (Å²) in [4.78, 5) is 20.8. The van der Waals surface area contributed by atoms with Gasteiger partial charge in [-0.25, -0.2) is 9.67 Å². The second-order valence-electron chi connectivity index (χ2n) is 7.73. The lowest BCUT2D eigenvalue weighted by Gasteiger charge is -2.13. The van der Waals surface area contributed by atoms with Crippen LogP contribution in [0.25, 0.3) is 15.9 Å². The Bertz CT molecular complexity index is 1330. The standard InChI is InChI=1S/C22H24N6O2S2/c1-3-4-11-27-18(24-25-26-27)13-31-22-23-20-19(16-9-6-10-17(16)32-20)21(29)28(22)14-7-5-8-15(12-14)30-2/h5,7-8,12H,3-4,6,9-11,13H2,1-2H3. The maximum atomic E-state index is 13.8. The average Bonchev–Trinajstić information content (AvgIpc) is 3.52. The van der Waals surface area contributed by atoms with Gasteiger partial charge in [-0.2, -0.15) is 0 Å². The van der Waals surface area contributed by atoms with E-state index in [4.69, 9.17) is 9.72 Å². The fourth-order valence-electron chi connectivity index (χ4n) is 4.04. The SMILES string of the molecule is CCCCn1nnnc1CSc1nc2sc3c(c2c(=O)n1-c1cccc(OC)c1)CCC3. The predicted octanol–water partition coefficient (Wildman–Crippen LogP) is 4.02. The van der Waals surface area contributed by atoms with Crippen molar-refractivity contribution in [2.75, 3.05) is 7.11 Å². The van der Waals surface area contributed by atoms with Gasteiger partial charge in [0.25, 0.3) is 5.56 Å². The molecule has 0 unspecified atom stereocenters. The summed E-state index contributed by atoms with van der Waals surface area (Å²) in [5.74, 6) is 2.01. The molecule has 0 N–H and O–H groups in total. The Morgan fingerprint density at radius 2 is 2.19 bits per heavy atom. The maximum absolute atomic E-state index is 13.8. The Balaban J connectivity index is 1.59. The first-order chi connectivity index (χ1) is 15.7. The number of unbranched alkanes of at least 4 members (excludes halogenated alkanes) is 1. The first-order valence-electron chi connectivity index (χ1n) is 10.8. The lowest BCUT2D eigenvalue weighted by molar-refractivity contribution is 0.414. The number of fused-ring (bicyclic) bond motifs is 3. The van der Waals surface area contributed by atoms with Crippen LogP contribution in [0.15, 0.2) is 34.2 Å². The average molecular weight is 469 g/mol. The Kier molecular flexibility index (Phi) is 5.97. The van der Waals surface area contributed by atoms with Gasteiger partial charge in [-0.05, 0) is 53.8 Å². The summed E-state index contributed by atoms with van der Waals surface area (Å²) in [7, 11) is 1.63. The molecule has 32 heavy (non-hydrogen) atoms. The van der Waals surface area contributed by atoms with Crippen LogP contribution in [0.5, 0.6) is 5.75 Å². The van der Waals surface area contributed by atoms with Crippen LogP contribution in [0.3, 0.4) is 0 Å². The van der Waals surface area contributed by atoms with E-state index in [-0.39, 0.29) is 5.56 Å². The third-order valence-electron chi connectivity index (χ3n) is 5.68. The minimum atomic E-state index is -0.0178. The fraction of sp³-hybridized carbons (Fsp3) is 0.409. The molecule has 0 saturated heterocycles. The van der Waals surface area contributed by atoms with E-state index in [1.165, 1.54) is 22.2 Å². The quantitative estimate of drug-likeness (QED) is 0.285. The fourth-order valence-corrected chi connectivity index (χ4v) is 6.28. The summed E-state index contributed by atoms with van der Waals surface area (Å²) in [6, 6.07) is 7.55. The van der Waals surface area contributed by atoms with Crippen LogP contribution in [0, 0.1) is 0 Å². The van der Waals surface area contributed by atoms with Gasteiger partial charge >= 0.3 is 0 Å². The molecule has 0 fully saturated rings. The molecule has 8 nitrogen and oxygen atoms in total. The molecule has 0 saturated carbocycles. The number of benzene rings is 1. The minimum absolute atomic E-state index is 0.0178. The highest BCUT2D eigenvalue weighted by atomic mass is 32.2. The van der Waals surface area contributed by atoms with Crippen molar-refractivity contribution < 1.29 is 4.74 Å². The zero-order chi connectivity index (χ0) is 22.1. The van der Waals surface area contributed by atoms with Crippen molar-refractivity contribution in [3.8, 4) is 11.4 Å². The van der Waals surface area contributed by atoms with E-state index in [9.17, 15) is 4.79 Å². The van der Waals surface area contributed by atoms with Gasteiger partial charge in [0.05, 0.1) is 23.9 Å². The summed E-state index contributed by atoms with van der Waals surface area (Å²) in [5, 5.41) is 13.5. The summed E-state index contributed by atoms with van der Waals surface area (Å²) in [6.45, 7) is 2.93. The van der Waals surface area contributed by atoms with Crippen LogP contribution < -0.4 is 10.3 Å². The lowest BCUT2D eigenvalue weighted by Crippen LogP contribution is -2.22. The molecule has 0 amide bonds. The van der Waals surface area contributed by atoms with Crippen molar-refractivity contribution in [1.82, 2.24) is 29.8 Å². The van der Waals surface area contributed by atoms with Crippen LogP contribution in [-0.2, 0) is 25.1 Å². The van der Waals surface area contributed by atoms with Gasteiger partial charge in [0, 0.05) is 17.5 Å². The van der Waals surface area contributed by atoms with E-state index >= 15 is 0 Å². The Hall–Kier alpha value is -2.72. The number of nitrogens with zero attached hydrogens (tertiary/aromatic N) is 6. The zero-order valence-corrected chi connectivity index (χ0v) is 19.7. The van der Waals surface area contributed by atoms with Gasteiger partial charge in [-0.1, -0.05) is 31.2 Å². The highest BCUT2D eigenvalue weighted by molar-refractivity contribution is 7.98. The van der Waals surface area contributed by atoms with Gasteiger partial charge in [0.15, 0.2) is 11.0 Å². The third-order valence-corrected chi connectivity index (χ3v) is 7.80. The largest absolute Gasteiger partial charge is 0.497 e. The molecule has 0 radical (unpaired) electrons. The van der Waals surface area contributed by atoms with Crippen LogP contribution in [0.4, 0.5) is 0 Å². The molecule has 10 heteroatoms. The van der Waals surface area contributed by atoms with Crippen molar-refractivity contribution in [2.45, 2.75) is 56.5 Å². The molecule has 1 aliphatic carbocycles. The molecule has 0 spiro atoms. The Morgan fingerprint density at radius 1 is 1.28 bits per heavy atom. The minimum Gasteiger partial charge on any atom is -0.497 e. The van der Waals surface area contributed by atoms with Crippen LogP contribution in [-0.4, -0.2) is 36.9 Å². The highest BCUT2D eigenvalue weighted by Gasteiger charge is 2.24. The number of hydrogen-bond acceptors (Lipinski definition) is 8. The summed E-state index contributed by atoms with van der Waals surface area (Å²) in [5.41, 5.74) is 1.91.